The van der Waals surface area contributed by atoms with Crippen molar-refractivity contribution in [2.75, 3.05) is 18.1 Å². The molecule has 0 fully saturated rings. The molecule has 1 aliphatic carbocycles. The molecule has 0 saturated carbocycles. The molecule has 41 heavy (non-hydrogen) atoms. The van der Waals surface area contributed by atoms with Crippen LogP contribution in [0.25, 0.3) is 0 Å². The molecule has 0 atom stereocenters. The summed E-state index contributed by atoms with van der Waals surface area (Å²) in [6.45, 7) is 4.39. The third-order valence-corrected chi connectivity index (χ3v) is 9.14. The van der Waals surface area contributed by atoms with Crippen LogP contribution >= 0.6 is 7.92 Å². The van der Waals surface area contributed by atoms with Crippen LogP contribution in [0.3, 0.4) is 0 Å². The van der Waals surface area contributed by atoms with E-state index in [4.69, 9.17) is 4.74 Å². The second-order valence-corrected chi connectivity index (χ2v) is 12.0. The van der Waals surface area contributed by atoms with E-state index in [1.165, 1.54) is 10.6 Å². The maximum Gasteiger partial charge on any atom is 5.00 e. The predicted molar refractivity (Wildman–Crippen MR) is 169 cm³/mol. The van der Waals surface area contributed by atoms with Gasteiger partial charge in [0, 0.05) is 17.5 Å². The quantitative estimate of drug-likeness (QED) is 0.0758. The van der Waals surface area contributed by atoms with Gasteiger partial charge in [0.2, 0.25) is 0 Å². The van der Waals surface area contributed by atoms with Gasteiger partial charge in [0.15, 0.2) is 5.78 Å². The van der Waals surface area contributed by atoms with E-state index in [-0.39, 0.29) is 31.2 Å². The number of anilines is 1. The number of carbonyl (C=O) groups is 2. The number of hydrogen-bond donors (Lipinski definition) is 1. The summed E-state index contributed by atoms with van der Waals surface area (Å²) in [6.07, 6.45) is 9.51. The Morgan fingerprint density at radius 3 is 1.95 bits per heavy atom. The Morgan fingerprint density at radius 2 is 1.41 bits per heavy atom. The van der Waals surface area contributed by atoms with Gasteiger partial charge in [0.05, 0.1) is 18.5 Å². The molecule has 4 aromatic carbocycles. The molecule has 0 amide bonds. The molecule has 1 radical (unpaired) electrons. The van der Waals surface area contributed by atoms with Gasteiger partial charge in [0.1, 0.15) is 12.8 Å². The third-order valence-electron chi connectivity index (χ3n) is 6.38. The number of aryl methyl sites for hydroxylation is 2. The number of hydrogen-bond acceptors (Lipinski definition) is 4. The molecule has 4 nitrogen and oxygen atoms in total. The van der Waals surface area contributed by atoms with Crippen LogP contribution in [-0.2, 0) is 29.0 Å². The maximum atomic E-state index is 12.3. The van der Waals surface area contributed by atoms with Crippen molar-refractivity contribution in [3.8, 4) is 0 Å². The van der Waals surface area contributed by atoms with Crippen LogP contribution in [0, 0.1) is 13.8 Å². The number of allylic oxidation sites excluding steroid dienone is 5. The van der Waals surface area contributed by atoms with Crippen molar-refractivity contribution in [2.24, 2.45) is 0 Å². The van der Waals surface area contributed by atoms with E-state index in [9.17, 15) is 9.59 Å². The first kappa shape index (κ1) is 31.7. The van der Waals surface area contributed by atoms with E-state index in [0.717, 1.165) is 23.0 Å². The van der Waals surface area contributed by atoms with Crippen LogP contribution in [0.4, 0.5) is 5.69 Å². The minimum absolute atomic E-state index is 0. The van der Waals surface area contributed by atoms with E-state index in [1.54, 1.807) is 24.4 Å². The van der Waals surface area contributed by atoms with Crippen molar-refractivity contribution in [2.45, 2.75) is 13.8 Å². The fraction of sp³-hybridized carbons (Fsp3) is 0.114. The summed E-state index contributed by atoms with van der Waals surface area (Å²) in [4.78, 5) is 23.7. The summed E-state index contributed by atoms with van der Waals surface area (Å²) in [5, 5.41) is 5.76. The first-order chi connectivity index (χ1) is 19.5. The topological polar surface area (TPSA) is 55.4 Å². The Kier molecular flexibility index (Phi) is 12.8. The maximum absolute atomic E-state index is 12.3. The van der Waals surface area contributed by atoms with Gasteiger partial charge in [-0.1, -0.05) is 86.2 Å². The number of ketones is 1. The molecule has 0 aromatic heterocycles. The smallest absolute Gasteiger partial charge is 0.468 e. The number of benzene rings is 3. The van der Waals surface area contributed by atoms with Crippen LogP contribution in [0.5, 0.6) is 0 Å². The summed E-state index contributed by atoms with van der Waals surface area (Å²) in [5.41, 5.74) is 4.41. The van der Waals surface area contributed by atoms with Gasteiger partial charge in [-0.15, -0.1) is 0 Å². The van der Waals surface area contributed by atoms with Crippen LogP contribution in [0.15, 0.2) is 139 Å². The van der Waals surface area contributed by atoms with Crippen LogP contribution in [0.1, 0.15) is 21.5 Å². The van der Waals surface area contributed by atoms with Crippen molar-refractivity contribution in [3.05, 3.63) is 156 Å². The van der Waals surface area contributed by atoms with E-state index in [1.807, 2.05) is 74.5 Å². The van der Waals surface area contributed by atoms with E-state index in [0.29, 0.717) is 17.7 Å². The fourth-order valence-corrected chi connectivity index (χ4v) is 6.78. The molecule has 1 N–H and O–H groups in total. The predicted octanol–water partition coefficient (Wildman–Crippen LogP) is 6.72. The number of nitrogens with one attached hydrogen (secondary N) is 1. The largest absolute Gasteiger partial charge is 5.00 e. The average Bonchev–Trinajstić information content (AvgIpc) is 3.34. The molecule has 0 saturated heterocycles. The molecule has 0 spiro atoms. The number of carbonyl (C=O) groups excluding carboxylic acids is 2. The molecule has 6 heteroatoms. The SMILES string of the molecule is Cc1c[c-](C)cc1C(=O)OCC[PH+](c1ccccc1)c1ccccc1.O=C1C=CC=CC1=CNc1ccccc1.[Ru+5]. The Hall–Kier alpha value is -3.78. The molecule has 0 bridgehead atoms. The molecular weight excluding hydrogens is 614 g/mol. The number of rotatable bonds is 8. The van der Waals surface area contributed by atoms with Crippen molar-refractivity contribution >= 4 is 36.0 Å². The molecule has 0 unspecified atom stereocenters. The van der Waals surface area contributed by atoms with Crippen molar-refractivity contribution in [1.82, 2.24) is 0 Å². The van der Waals surface area contributed by atoms with E-state index >= 15 is 0 Å². The summed E-state index contributed by atoms with van der Waals surface area (Å²) >= 11 is 0. The van der Waals surface area contributed by atoms with Gasteiger partial charge in [-0.2, -0.15) is 23.3 Å². The van der Waals surface area contributed by atoms with E-state index in [2.05, 4.69) is 53.8 Å². The minimum atomic E-state index is -0.959. The zero-order valence-electron chi connectivity index (χ0n) is 23.2. The van der Waals surface area contributed by atoms with Gasteiger partial charge in [-0.25, -0.2) is 0 Å². The molecular formula is C35H34NO3PRu+5. The first-order valence-corrected chi connectivity index (χ1v) is 15.0. The number of ether oxygens (including phenoxy) is 1. The summed E-state index contributed by atoms with van der Waals surface area (Å²) in [7, 11) is -0.959. The molecule has 205 valence electrons. The second kappa shape index (κ2) is 16.5. The number of para-hydroxylation sites is 1. The summed E-state index contributed by atoms with van der Waals surface area (Å²) in [5.74, 6) is -0.186. The normalized spacial score (nSPS) is 12.9. The third kappa shape index (κ3) is 9.67. The monoisotopic (exact) mass is 649 g/mol. The van der Waals surface area contributed by atoms with Gasteiger partial charge in [-0.05, 0) is 48.6 Å². The summed E-state index contributed by atoms with van der Waals surface area (Å²) in [6, 6.07) is 34.7. The number of esters is 1. The molecule has 4 aromatic rings. The standard InChI is InChI=1S/C22H22O2P.C13H11NO.Ru/c1-17-15-18(2)21(16-17)22(23)24-13-14-25(19-9-5-3-6-10-19)20-11-7-4-8-12-20;15-13-9-5-4-6-11(13)10-14-12-7-2-1-3-8-12;/h3-12,15-16H,13-14H2,1-2H3;1-10,14H;/q-1;;+5/p+1. The average molecular weight is 649 g/mol. The fourth-order valence-electron chi connectivity index (χ4n) is 4.38. The molecule has 0 aliphatic heterocycles. The van der Waals surface area contributed by atoms with Crippen LogP contribution < -0.4 is 15.9 Å². The summed E-state index contributed by atoms with van der Waals surface area (Å²) < 4.78 is 5.58. The van der Waals surface area contributed by atoms with Gasteiger partial charge < -0.3 is 10.1 Å². The molecule has 1 aliphatic rings. The van der Waals surface area contributed by atoms with Crippen molar-refractivity contribution < 1.29 is 33.8 Å². The Labute approximate surface area is 256 Å². The second-order valence-electron chi connectivity index (χ2n) is 9.42. The van der Waals surface area contributed by atoms with Crippen LogP contribution in [-0.4, -0.2) is 24.5 Å². The zero-order valence-corrected chi connectivity index (χ0v) is 25.9. The molecule has 5 rings (SSSR count). The first-order valence-electron chi connectivity index (χ1n) is 13.3. The van der Waals surface area contributed by atoms with Crippen molar-refractivity contribution in [1.29, 1.82) is 0 Å². The Balaban J connectivity index is 0.000000248. The minimum Gasteiger partial charge on any atom is -0.468 e. The van der Waals surface area contributed by atoms with Crippen LogP contribution in [0.2, 0.25) is 0 Å². The molecule has 0 heterocycles. The van der Waals surface area contributed by atoms with Gasteiger partial charge in [0.25, 0.3) is 5.97 Å². The van der Waals surface area contributed by atoms with Gasteiger partial charge in [-0.3, -0.25) is 9.59 Å². The Bertz CT molecular complexity index is 1450. The van der Waals surface area contributed by atoms with Crippen molar-refractivity contribution in [3.63, 3.8) is 0 Å². The van der Waals surface area contributed by atoms with E-state index < -0.39 is 7.92 Å². The zero-order chi connectivity index (χ0) is 28.2. The Morgan fingerprint density at radius 1 is 0.854 bits per heavy atom. The van der Waals surface area contributed by atoms with Gasteiger partial charge >= 0.3 is 19.5 Å².